The first kappa shape index (κ1) is 15.3. The van der Waals surface area contributed by atoms with Crippen LogP contribution in [0.4, 0.5) is 0 Å². The molecule has 1 aliphatic heterocycles. The van der Waals surface area contributed by atoms with Gasteiger partial charge in [-0.1, -0.05) is 19.9 Å². The Kier molecular flexibility index (Phi) is 5.00. The molecule has 1 saturated heterocycles. The van der Waals surface area contributed by atoms with E-state index in [0.717, 1.165) is 31.7 Å². The van der Waals surface area contributed by atoms with Gasteiger partial charge in [0.05, 0.1) is 12.8 Å². The van der Waals surface area contributed by atoms with E-state index in [1.165, 1.54) is 6.42 Å². The number of aromatic nitrogens is 1. The standard InChI is InChI=1S/C16H27N3O/c1-5-13-10-19(16(3,6-2)12-17-13)11-14-8-7-9-15(18-14)20-4/h7-9,13,17H,5-6,10-12H2,1-4H3. The number of ether oxygens (including phenoxy) is 1. The molecular weight excluding hydrogens is 250 g/mol. The number of rotatable bonds is 5. The third-order valence-corrected chi connectivity index (χ3v) is 4.57. The first-order valence-corrected chi connectivity index (χ1v) is 7.59. The van der Waals surface area contributed by atoms with Gasteiger partial charge in [0.15, 0.2) is 0 Å². The molecule has 20 heavy (non-hydrogen) atoms. The van der Waals surface area contributed by atoms with Crippen LogP contribution in [0.5, 0.6) is 5.88 Å². The van der Waals surface area contributed by atoms with Gasteiger partial charge in [-0.25, -0.2) is 4.98 Å². The Hall–Kier alpha value is -1.13. The largest absolute Gasteiger partial charge is 0.481 e. The molecule has 0 spiro atoms. The van der Waals surface area contributed by atoms with Crippen molar-refractivity contribution in [1.29, 1.82) is 0 Å². The molecule has 1 aliphatic rings. The average molecular weight is 277 g/mol. The van der Waals surface area contributed by atoms with Crippen LogP contribution in [0.3, 0.4) is 0 Å². The molecule has 2 unspecified atom stereocenters. The van der Waals surface area contributed by atoms with E-state index in [9.17, 15) is 0 Å². The highest BCUT2D eigenvalue weighted by Gasteiger charge is 2.35. The van der Waals surface area contributed by atoms with Gasteiger partial charge in [-0.3, -0.25) is 4.90 Å². The van der Waals surface area contributed by atoms with E-state index in [0.29, 0.717) is 11.9 Å². The van der Waals surface area contributed by atoms with E-state index in [2.05, 4.69) is 42.0 Å². The zero-order valence-electron chi connectivity index (χ0n) is 13.1. The summed E-state index contributed by atoms with van der Waals surface area (Å²) in [7, 11) is 1.67. The molecule has 0 amide bonds. The highest BCUT2D eigenvalue weighted by molar-refractivity contribution is 5.16. The van der Waals surface area contributed by atoms with Gasteiger partial charge < -0.3 is 10.1 Å². The maximum absolute atomic E-state index is 5.22. The van der Waals surface area contributed by atoms with E-state index >= 15 is 0 Å². The molecule has 1 aromatic rings. The first-order valence-electron chi connectivity index (χ1n) is 7.59. The lowest BCUT2D eigenvalue weighted by atomic mass is 9.91. The van der Waals surface area contributed by atoms with Gasteiger partial charge in [0, 0.05) is 37.3 Å². The predicted octanol–water partition coefficient (Wildman–Crippen LogP) is 2.44. The molecule has 1 N–H and O–H groups in total. The molecule has 2 atom stereocenters. The van der Waals surface area contributed by atoms with Gasteiger partial charge in [-0.05, 0) is 25.8 Å². The second kappa shape index (κ2) is 6.55. The molecular formula is C16H27N3O. The maximum atomic E-state index is 5.22. The summed E-state index contributed by atoms with van der Waals surface area (Å²) in [6, 6.07) is 6.58. The van der Waals surface area contributed by atoms with Gasteiger partial charge in [0.25, 0.3) is 0 Å². The summed E-state index contributed by atoms with van der Waals surface area (Å²) in [5, 5.41) is 3.66. The van der Waals surface area contributed by atoms with E-state index in [-0.39, 0.29) is 5.54 Å². The molecule has 0 radical (unpaired) electrons. The fraction of sp³-hybridized carbons (Fsp3) is 0.688. The van der Waals surface area contributed by atoms with Crippen molar-refractivity contribution in [3.8, 4) is 5.88 Å². The number of methoxy groups -OCH3 is 1. The minimum Gasteiger partial charge on any atom is -0.481 e. The second-order valence-corrected chi connectivity index (χ2v) is 5.89. The summed E-state index contributed by atoms with van der Waals surface area (Å²) in [5.41, 5.74) is 1.29. The van der Waals surface area contributed by atoms with Crippen LogP contribution in [0.25, 0.3) is 0 Å². The second-order valence-electron chi connectivity index (χ2n) is 5.89. The number of hydrogen-bond donors (Lipinski definition) is 1. The predicted molar refractivity (Wildman–Crippen MR) is 82.0 cm³/mol. The quantitative estimate of drug-likeness (QED) is 0.897. The van der Waals surface area contributed by atoms with E-state index in [4.69, 9.17) is 4.74 Å². The molecule has 2 heterocycles. The Morgan fingerprint density at radius 2 is 2.25 bits per heavy atom. The molecule has 4 heteroatoms. The van der Waals surface area contributed by atoms with Crippen LogP contribution in [-0.2, 0) is 6.54 Å². The van der Waals surface area contributed by atoms with Crippen LogP contribution in [0.15, 0.2) is 18.2 Å². The summed E-state index contributed by atoms with van der Waals surface area (Å²) >= 11 is 0. The van der Waals surface area contributed by atoms with Gasteiger partial charge >= 0.3 is 0 Å². The zero-order chi connectivity index (χ0) is 14.6. The molecule has 0 bridgehead atoms. The first-order chi connectivity index (χ1) is 9.61. The third kappa shape index (κ3) is 3.30. The summed E-state index contributed by atoms with van der Waals surface area (Å²) in [4.78, 5) is 7.12. The Labute approximate surface area is 122 Å². The van der Waals surface area contributed by atoms with E-state index in [1.807, 2.05) is 12.1 Å². The number of pyridine rings is 1. The summed E-state index contributed by atoms with van der Waals surface area (Å²) in [6.45, 7) is 9.87. The number of hydrogen-bond acceptors (Lipinski definition) is 4. The lowest BCUT2D eigenvalue weighted by Crippen LogP contribution is -2.62. The van der Waals surface area contributed by atoms with Crippen molar-refractivity contribution in [2.24, 2.45) is 0 Å². The van der Waals surface area contributed by atoms with Crippen molar-refractivity contribution in [3.05, 3.63) is 23.9 Å². The van der Waals surface area contributed by atoms with Crippen LogP contribution in [0, 0.1) is 0 Å². The zero-order valence-corrected chi connectivity index (χ0v) is 13.1. The highest BCUT2D eigenvalue weighted by atomic mass is 16.5. The Bertz CT molecular complexity index is 437. The molecule has 4 nitrogen and oxygen atoms in total. The van der Waals surface area contributed by atoms with Gasteiger partial charge in [-0.2, -0.15) is 0 Å². The molecule has 1 fully saturated rings. The monoisotopic (exact) mass is 277 g/mol. The number of nitrogens with zero attached hydrogens (tertiary/aromatic N) is 2. The van der Waals surface area contributed by atoms with Crippen molar-refractivity contribution in [2.45, 2.75) is 51.7 Å². The van der Waals surface area contributed by atoms with Crippen LogP contribution in [0.2, 0.25) is 0 Å². The average Bonchev–Trinajstić information content (AvgIpc) is 2.49. The molecule has 1 aromatic heterocycles. The SMILES string of the molecule is CCC1CN(Cc2cccc(OC)n2)C(C)(CC)CN1. The number of piperazine rings is 1. The summed E-state index contributed by atoms with van der Waals surface area (Å²) in [6.07, 6.45) is 2.31. The minimum absolute atomic E-state index is 0.205. The van der Waals surface area contributed by atoms with Crippen molar-refractivity contribution >= 4 is 0 Å². The van der Waals surface area contributed by atoms with Crippen molar-refractivity contribution in [1.82, 2.24) is 15.2 Å². The fourth-order valence-electron chi connectivity index (χ4n) is 2.76. The Balaban J connectivity index is 2.14. The number of nitrogens with one attached hydrogen (secondary N) is 1. The normalized spacial score (nSPS) is 27.5. The fourth-order valence-corrected chi connectivity index (χ4v) is 2.76. The maximum Gasteiger partial charge on any atom is 0.213 e. The molecule has 0 aliphatic carbocycles. The van der Waals surface area contributed by atoms with Crippen LogP contribution in [-0.4, -0.2) is 41.7 Å². The molecule has 2 rings (SSSR count). The van der Waals surface area contributed by atoms with Crippen LogP contribution in [0.1, 0.15) is 39.3 Å². The van der Waals surface area contributed by atoms with Crippen LogP contribution < -0.4 is 10.1 Å². The molecule has 112 valence electrons. The molecule has 0 saturated carbocycles. The van der Waals surface area contributed by atoms with Crippen LogP contribution >= 0.6 is 0 Å². The lowest BCUT2D eigenvalue weighted by Gasteiger charge is -2.47. The molecule has 0 aromatic carbocycles. The Morgan fingerprint density at radius 1 is 1.45 bits per heavy atom. The van der Waals surface area contributed by atoms with Crippen molar-refractivity contribution in [3.63, 3.8) is 0 Å². The van der Waals surface area contributed by atoms with Gasteiger partial charge in [0.1, 0.15) is 0 Å². The van der Waals surface area contributed by atoms with E-state index in [1.54, 1.807) is 7.11 Å². The topological polar surface area (TPSA) is 37.4 Å². The Morgan fingerprint density at radius 3 is 2.90 bits per heavy atom. The highest BCUT2D eigenvalue weighted by Crippen LogP contribution is 2.25. The van der Waals surface area contributed by atoms with Crippen molar-refractivity contribution < 1.29 is 4.74 Å². The third-order valence-electron chi connectivity index (χ3n) is 4.57. The summed E-state index contributed by atoms with van der Waals surface area (Å²) in [5.74, 6) is 0.697. The van der Waals surface area contributed by atoms with Crippen molar-refractivity contribution in [2.75, 3.05) is 20.2 Å². The van der Waals surface area contributed by atoms with Gasteiger partial charge in [0.2, 0.25) is 5.88 Å². The minimum atomic E-state index is 0.205. The summed E-state index contributed by atoms with van der Waals surface area (Å²) < 4.78 is 5.22. The van der Waals surface area contributed by atoms with Gasteiger partial charge in [-0.15, -0.1) is 0 Å². The smallest absolute Gasteiger partial charge is 0.213 e. The lowest BCUT2D eigenvalue weighted by molar-refractivity contribution is 0.0396. The van der Waals surface area contributed by atoms with E-state index < -0.39 is 0 Å².